The lowest BCUT2D eigenvalue weighted by Gasteiger charge is -2.20. The molecule has 1 aromatic heterocycles. The highest BCUT2D eigenvalue weighted by molar-refractivity contribution is 5.96. The minimum atomic E-state index is -1.01. The number of carbonyl (C=O) groups is 2. The lowest BCUT2D eigenvalue weighted by Crippen LogP contribution is -2.36. The minimum absolute atomic E-state index is 0.279. The second-order valence-corrected chi connectivity index (χ2v) is 4.94. The molecule has 1 N–H and O–H groups in total. The SMILES string of the molecule is CCCN(CC(=O)O)C(=O)c1ccc(-c2cnnn2C)cc1. The van der Waals surface area contributed by atoms with Crippen molar-refractivity contribution in [2.45, 2.75) is 13.3 Å². The molecule has 7 nitrogen and oxygen atoms in total. The van der Waals surface area contributed by atoms with Crippen LogP contribution >= 0.6 is 0 Å². The van der Waals surface area contributed by atoms with Crippen LogP contribution in [0.3, 0.4) is 0 Å². The van der Waals surface area contributed by atoms with E-state index in [0.29, 0.717) is 18.5 Å². The Kier molecular flexibility index (Phi) is 4.88. The molecule has 0 atom stereocenters. The Morgan fingerprint density at radius 1 is 1.27 bits per heavy atom. The van der Waals surface area contributed by atoms with Gasteiger partial charge in [-0.15, -0.1) is 5.10 Å². The van der Waals surface area contributed by atoms with E-state index in [1.807, 2.05) is 6.92 Å². The first kappa shape index (κ1) is 15.7. The Morgan fingerprint density at radius 3 is 2.45 bits per heavy atom. The first-order chi connectivity index (χ1) is 10.5. The number of hydrogen-bond donors (Lipinski definition) is 1. The number of hydrogen-bond acceptors (Lipinski definition) is 4. The van der Waals surface area contributed by atoms with Crippen LogP contribution in [0.2, 0.25) is 0 Å². The Morgan fingerprint density at radius 2 is 1.95 bits per heavy atom. The van der Waals surface area contributed by atoms with E-state index in [0.717, 1.165) is 11.3 Å². The highest BCUT2D eigenvalue weighted by atomic mass is 16.4. The van der Waals surface area contributed by atoms with Crippen molar-refractivity contribution >= 4 is 11.9 Å². The molecule has 0 bridgehead atoms. The fourth-order valence-electron chi connectivity index (χ4n) is 2.20. The van der Waals surface area contributed by atoms with Crippen molar-refractivity contribution in [1.82, 2.24) is 19.9 Å². The Bertz CT molecular complexity index is 664. The number of carboxylic acids is 1. The number of carbonyl (C=O) groups excluding carboxylic acids is 1. The summed E-state index contributed by atoms with van der Waals surface area (Å²) >= 11 is 0. The molecule has 0 unspecified atom stereocenters. The number of benzene rings is 1. The molecule has 1 heterocycles. The summed E-state index contributed by atoms with van der Waals surface area (Å²) in [5.74, 6) is -1.29. The molecular weight excluding hydrogens is 284 g/mol. The normalized spacial score (nSPS) is 10.5. The monoisotopic (exact) mass is 302 g/mol. The second kappa shape index (κ2) is 6.84. The molecule has 0 aliphatic rings. The van der Waals surface area contributed by atoms with Gasteiger partial charge < -0.3 is 10.0 Å². The van der Waals surface area contributed by atoms with Crippen LogP contribution in [0.1, 0.15) is 23.7 Å². The van der Waals surface area contributed by atoms with Gasteiger partial charge in [0.1, 0.15) is 6.54 Å². The number of aromatic nitrogens is 3. The van der Waals surface area contributed by atoms with Gasteiger partial charge in [-0.3, -0.25) is 9.59 Å². The van der Waals surface area contributed by atoms with Crippen molar-refractivity contribution in [2.75, 3.05) is 13.1 Å². The summed E-state index contributed by atoms with van der Waals surface area (Å²) in [6, 6.07) is 6.98. The number of aliphatic carboxylic acids is 1. The lowest BCUT2D eigenvalue weighted by atomic mass is 10.1. The first-order valence-corrected chi connectivity index (χ1v) is 6.99. The molecule has 2 rings (SSSR count). The van der Waals surface area contributed by atoms with Crippen molar-refractivity contribution in [1.29, 1.82) is 0 Å². The van der Waals surface area contributed by atoms with Gasteiger partial charge in [0.25, 0.3) is 5.91 Å². The van der Waals surface area contributed by atoms with E-state index in [1.165, 1.54) is 4.90 Å². The molecule has 0 fully saturated rings. The van der Waals surface area contributed by atoms with Crippen LogP contribution in [0.5, 0.6) is 0 Å². The van der Waals surface area contributed by atoms with Crippen molar-refractivity contribution in [2.24, 2.45) is 7.05 Å². The van der Waals surface area contributed by atoms with E-state index in [4.69, 9.17) is 5.11 Å². The van der Waals surface area contributed by atoms with Gasteiger partial charge in [-0.2, -0.15) is 0 Å². The topological polar surface area (TPSA) is 88.3 Å². The maximum Gasteiger partial charge on any atom is 0.323 e. The molecule has 7 heteroatoms. The van der Waals surface area contributed by atoms with Crippen molar-refractivity contribution in [3.63, 3.8) is 0 Å². The summed E-state index contributed by atoms with van der Waals surface area (Å²) in [4.78, 5) is 24.6. The van der Waals surface area contributed by atoms with E-state index in [-0.39, 0.29) is 12.5 Å². The van der Waals surface area contributed by atoms with Crippen LogP contribution in [0.4, 0.5) is 0 Å². The number of amides is 1. The maximum absolute atomic E-state index is 12.4. The smallest absolute Gasteiger partial charge is 0.323 e. The van der Waals surface area contributed by atoms with Crippen molar-refractivity contribution in [3.05, 3.63) is 36.0 Å². The zero-order chi connectivity index (χ0) is 16.1. The number of rotatable bonds is 6. The van der Waals surface area contributed by atoms with Crippen LogP contribution < -0.4 is 0 Å². The van der Waals surface area contributed by atoms with Gasteiger partial charge >= 0.3 is 5.97 Å². The molecule has 0 saturated heterocycles. The van der Waals surface area contributed by atoms with Gasteiger partial charge in [0.05, 0.1) is 11.9 Å². The highest BCUT2D eigenvalue weighted by Gasteiger charge is 2.17. The van der Waals surface area contributed by atoms with Crippen molar-refractivity contribution < 1.29 is 14.7 Å². The Balaban J connectivity index is 2.20. The maximum atomic E-state index is 12.4. The second-order valence-electron chi connectivity index (χ2n) is 4.94. The van der Waals surface area contributed by atoms with Gasteiger partial charge in [-0.25, -0.2) is 4.68 Å². The van der Waals surface area contributed by atoms with E-state index in [1.54, 1.807) is 42.2 Å². The Hall–Kier alpha value is -2.70. The molecular formula is C15H18N4O3. The van der Waals surface area contributed by atoms with E-state index in [9.17, 15) is 9.59 Å². The summed E-state index contributed by atoms with van der Waals surface area (Å²) in [5.41, 5.74) is 2.20. The molecule has 0 aliphatic carbocycles. The van der Waals surface area contributed by atoms with Crippen molar-refractivity contribution in [3.8, 4) is 11.3 Å². The fraction of sp³-hybridized carbons (Fsp3) is 0.333. The van der Waals surface area contributed by atoms with Gasteiger partial charge in [-0.05, 0) is 18.6 Å². The third kappa shape index (κ3) is 3.49. The molecule has 116 valence electrons. The molecule has 1 aromatic carbocycles. The average Bonchev–Trinajstić information content (AvgIpc) is 2.92. The van der Waals surface area contributed by atoms with Crippen LogP contribution in [0.25, 0.3) is 11.3 Å². The van der Waals surface area contributed by atoms with Crippen LogP contribution in [0.15, 0.2) is 30.5 Å². The number of carboxylic acid groups (broad SMARTS) is 1. The fourth-order valence-corrected chi connectivity index (χ4v) is 2.20. The largest absolute Gasteiger partial charge is 0.480 e. The molecule has 1 amide bonds. The first-order valence-electron chi connectivity index (χ1n) is 6.99. The van der Waals surface area contributed by atoms with Crippen LogP contribution in [-0.2, 0) is 11.8 Å². The zero-order valence-corrected chi connectivity index (χ0v) is 12.6. The van der Waals surface area contributed by atoms with Gasteiger partial charge in [-0.1, -0.05) is 24.3 Å². The summed E-state index contributed by atoms with van der Waals surface area (Å²) in [7, 11) is 1.79. The number of aryl methyl sites for hydroxylation is 1. The summed E-state index contributed by atoms with van der Waals surface area (Å²) in [6.45, 7) is 2.03. The van der Waals surface area contributed by atoms with E-state index >= 15 is 0 Å². The molecule has 0 radical (unpaired) electrons. The van der Waals surface area contributed by atoms with Crippen LogP contribution in [0, 0.1) is 0 Å². The third-order valence-electron chi connectivity index (χ3n) is 3.25. The molecule has 0 aliphatic heterocycles. The predicted molar refractivity (Wildman–Crippen MR) is 80.3 cm³/mol. The predicted octanol–water partition coefficient (Wildman–Crippen LogP) is 1.42. The van der Waals surface area contributed by atoms with Gasteiger partial charge in [0.15, 0.2) is 0 Å². The standard InChI is InChI=1S/C15H18N4O3/c1-3-8-19(10-14(20)21)15(22)12-6-4-11(5-7-12)13-9-16-17-18(13)2/h4-7,9H,3,8,10H2,1-2H3,(H,20,21). The third-order valence-corrected chi connectivity index (χ3v) is 3.25. The molecule has 0 saturated carbocycles. The average molecular weight is 302 g/mol. The quantitative estimate of drug-likeness (QED) is 0.871. The van der Waals surface area contributed by atoms with Gasteiger partial charge in [0, 0.05) is 24.7 Å². The minimum Gasteiger partial charge on any atom is -0.480 e. The Labute approximate surface area is 128 Å². The molecule has 0 spiro atoms. The lowest BCUT2D eigenvalue weighted by molar-refractivity contribution is -0.137. The van der Waals surface area contributed by atoms with E-state index < -0.39 is 5.97 Å². The van der Waals surface area contributed by atoms with Gasteiger partial charge in [0.2, 0.25) is 0 Å². The van der Waals surface area contributed by atoms with Crippen LogP contribution in [-0.4, -0.2) is 50.0 Å². The molecule has 22 heavy (non-hydrogen) atoms. The van der Waals surface area contributed by atoms with E-state index in [2.05, 4.69) is 10.3 Å². The number of nitrogens with zero attached hydrogens (tertiary/aromatic N) is 4. The summed E-state index contributed by atoms with van der Waals surface area (Å²) in [6.07, 6.45) is 2.35. The highest BCUT2D eigenvalue weighted by Crippen LogP contribution is 2.18. The molecule has 2 aromatic rings. The summed E-state index contributed by atoms with van der Waals surface area (Å²) < 4.78 is 1.64. The summed E-state index contributed by atoms with van der Waals surface area (Å²) in [5, 5.41) is 16.6. The zero-order valence-electron chi connectivity index (χ0n) is 12.6.